The zero-order valence-corrected chi connectivity index (χ0v) is 19.9. The van der Waals surface area contributed by atoms with Gasteiger partial charge in [0.1, 0.15) is 18.7 Å². The van der Waals surface area contributed by atoms with Crippen LogP contribution in [0.4, 0.5) is 4.79 Å². The van der Waals surface area contributed by atoms with Crippen LogP contribution in [0.1, 0.15) is 49.1 Å². The van der Waals surface area contributed by atoms with Gasteiger partial charge in [-0.3, -0.25) is 4.79 Å². The number of carboxylic acids is 1. The summed E-state index contributed by atoms with van der Waals surface area (Å²) in [7, 11) is 1.56. The van der Waals surface area contributed by atoms with Gasteiger partial charge in [0, 0.05) is 19.6 Å². The third-order valence-electron chi connectivity index (χ3n) is 6.98. The quantitative estimate of drug-likeness (QED) is 0.423. The molecule has 2 aromatic carbocycles. The van der Waals surface area contributed by atoms with Gasteiger partial charge in [0.2, 0.25) is 5.91 Å². The van der Waals surface area contributed by atoms with Crippen LogP contribution in [0.5, 0.6) is 0 Å². The summed E-state index contributed by atoms with van der Waals surface area (Å²) < 4.78 is 10.7. The van der Waals surface area contributed by atoms with Gasteiger partial charge in [0.15, 0.2) is 0 Å². The van der Waals surface area contributed by atoms with Crippen molar-refractivity contribution in [2.75, 3.05) is 20.3 Å². The Hall–Kier alpha value is -3.39. The van der Waals surface area contributed by atoms with Crippen molar-refractivity contribution < 1.29 is 29.0 Å². The molecule has 186 valence electrons. The summed E-state index contributed by atoms with van der Waals surface area (Å²) in [6.07, 6.45) is 2.62. The number of amides is 2. The molecular formula is C27H32N2O6. The van der Waals surface area contributed by atoms with Crippen LogP contribution < -0.4 is 10.6 Å². The van der Waals surface area contributed by atoms with Gasteiger partial charge in [-0.1, -0.05) is 55.0 Å². The maximum Gasteiger partial charge on any atom is 0.407 e. The molecule has 1 saturated carbocycles. The van der Waals surface area contributed by atoms with Gasteiger partial charge in [-0.25, -0.2) is 9.59 Å². The van der Waals surface area contributed by atoms with E-state index in [1.165, 1.54) is 0 Å². The number of fused-ring (bicyclic) bond motifs is 3. The Kier molecular flexibility index (Phi) is 8.02. The third kappa shape index (κ3) is 5.65. The number of benzene rings is 2. The lowest BCUT2D eigenvalue weighted by atomic mass is 9.79. The Labute approximate surface area is 205 Å². The highest BCUT2D eigenvalue weighted by atomic mass is 16.5. The highest BCUT2D eigenvalue weighted by Gasteiger charge is 2.36. The molecule has 3 N–H and O–H groups in total. The number of hydrogen-bond acceptors (Lipinski definition) is 5. The number of nitrogens with one attached hydrogen (secondary N) is 2. The Bertz CT molecular complexity index is 1020. The van der Waals surface area contributed by atoms with E-state index in [9.17, 15) is 19.5 Å². The van der Waals surface area contributed by atoms with Crippen LogP contribution in [0, 0.1) is 5.92 Å². The molecule has 8 heteroatoms. The minimum atomic E-state index is -1.06. The maximum absolute atomic E-state index is 12.9. The summed E-state index contributed by atoms with van der Waals surface area (Å²) in [4.78, 5) is 37.3. The first-order valence-corrected chi connectivity index (χ1v) is 12.1. The number of ether oxygens (including phenoxy) is 2. The molecule has 0 bridgehead atoms. The Balaban J connectivity index is 1.40. The topological polar surface area (TPSA) is 114 Å². The fourth-order valence-electron chi connectivity index (χ4n) is 4.89. The molecule has 0 aliphatic heterocycles. The molecule has 2 aliphatic carbocycles. The van der Waals surface area contributed by atoms with Crippen LogP contribution in [0.3, 0.4) is 0 Å². The molecule has 2 atom stereocenters. The number of carboxylic acid groups (broad SMARTS) is 1. The second kappa shape index (κ2) is 11.4. The van der Waals surface area contributed by atoms with E-state index in [0.717, 1.165) is 41.5 Å². The number of hydrogen-bond donors (Lipinski definition) is 3. The minimum absolute atomic E-state index is 0.0782. The highest BCUT2D eigenvalue weighted by Crippen LogP contribution is 2.44. The van der Waals surface area contributed by atoms with Gasteiger partial charge >= 0.3 is 12.1 Å². The van der Waals surface area contributed by atoms with Gasteiger partial charge in [-0.15, -0.1) is 0 Å². The smallest absolute Gasteiger partial charge is 0.407 e. The van der Waals surface area contributed by atoms with E-state index < -0.39 is 30.1 Å². The summed E-state index contributed by atoms with van der Waals surface area (Å²) in [5.41, 5.74) is 4.45. The molecule has 0 aromatic heterocycles. The normalized spacial score (nSPS) is 16.4. The van der Waals surface area contributed by atoms with E-state index in [2.05, 4.69) is 22.8 Å². The number of carbonyl (C=O) groups excluding carboxylic acids is 2. The summed E-state index contributed by atoms with van der Waals surface area (Å²) in [5, 5.41) is 14.8. The third-order valence-corrected chi connectivity index (χ3v) is 6.98. The summed E-state index contributed by atoms with van der Waals surface area (Å²) in [6.45, 7) is 0.549. The van der Waals surface area contributed by atoms with E-state index in [1.807, 2.05) is 36.4 Å². The molecule has 2 aliphatic rings. The summed E-state index contributed by atoms with van der Waals surface area (Å²) in [6, 6.07) is 14.2. The predicted molar refractivity (Wildman–Crippen MR) is 130 cm³/mol. The number of aliphatic carboxylic acids is 1. The number of methoxy groups -OCH3 is 1. The van der Waals surface area contributed by atoms with Crippen LogP contribution in [0.2, 0.25) is 0 Å². The maximum atomic E-state index is 12.9. The van der Waals surface area contributed by atoms with Crippen molar-refractivity contribution in [3.63, 3.8) is 0 Å². The molecule has 0 spiro atoms. The fraction of sp³-hybridized carbons (Fsp3) is 0.444. The van der Waals surface area contributed by atoms with Gasteiger partial charge in [-0.2, -0.15) is 0 Å². The summed E-state index contributed by atoms with van der Waals surface area (Å²) >= 11 is 0. The molecule has 2 aromatic rings. The van der Waals surface area contributed by atoms with Crippen LogP contribution in [-0.4, -0.2) is 55.5 Å². The average molecular weight is 481 g/mol. The van der Waals surface area contributed by atoms with E-state index in [4.69, 9.17) is 9.47 Å². The van der Waals surface area contributed by atoms with Gasteiger partial charge < -0.3 is 25.2 Å². The molecule has 0 heterocycles. The molecule has 2 amide bonds. The first-order chi connectivity index (χ1) is 17.0. The van der Waals surface area contributed by atoms with Gasteiger partial charge in [-0.05, 0) is 53.9 Å². The first-order valence-electron chi connectivity index (χ1n) is 12.1. The van der Waals surface area contributed by atoms with Crippen LogP contribution in [-0.2, 0) is 19.1 Å². The molecular weight excluding hydrogens is 448 g/mol. The lowest BCUT2D eigenvalue weighted by Crippen LogP contribution is -2.54. The number of rotatable bonds is 11. The van der Waals surface area contributed by atoms with E-state index in [1.54, 1.807) is 7.11 Å². The fourth-order valence-corrected chi connectivity index (χ4v) is 4.89. The standard InChI is InChI=1S/C27H32N2O6/c1-34-15-7-14-23(25(30)29-24(26(31)32)17-8-6-9-17)28-27(33)35-16-22-20-12-4-2-10-18(20)19-11-3-5-13-21(19)22/h2-5,10-13,17,22-24H,6-9,14-16H2,1H3,(H,28,33)(H,29,30)(H,31,32). The molecule has 2 unspecified atom stereocenters. The van der Waals surface area contributed by atoms with Crippen molar-refractivity contribution in [2.45, 2.75) is 50.1 Å². The Morgan fingerprint density at radius 3 is 2.17 bits per heavy atom. The molecule has 0 radical (unpaired) electrons. The second-order valence-electron chi connectivity index (χ2n) is 9.17. The molecule has 8 nitrogen and oxygen atoms in total. The SMILES string of the molecule is COCCCC(NC(=O)OCC1c2ccccc2-c2ccccc21)C(=O)NC(C(=O)O)C1CCC1. The highest BCUT2D eigenvalue weighted by molar-refractivity contribution is 5.89. The molecule has 1 fully saturated rings. The molecule has 4 rings (SSSR count). The number of carbonyl (C=O) groups is 3. The van der Waals surface area contributed by atoms with Gasteiger partial charge in [0.05, 0.1) is 0 Å². The Morgan fingerprint density at radius 1 is 1.00 bits per heavy atom. The predicted octanol–water partition coefficient (Wildman–Crippen LogP) is 3.69. The van der Waals surface area contributed by atoms with Crippen molar-refractivity contribution in [2.24, 2.45) is 5.92 Å². The second-order valence-corrected chi connectivity index (χ2v) is 9.17. The molecule has 0 saturated heterocycles. The van der Waals surface area contributed by atoms with Crippen molar-refractivity contribution in [1.82, 2.24) is 10.6 Å². The number of alkyl carbamates (subject to hydrolysis) is 1. The minimum Gasteiger partial charge on any atom is -0.480 e. The van der Waals surface area contributed by atoms with Gasteiger partial charge in [0.25, 0.3) is 0 Å². The largest absolute Gasteiger partial charge is 0.480 e. The van der Waals surface area contributed by atoms with E-state index in [-0.39, 0.29) is 18.4 Å². The van der Waals surface area contributed by atoms with E-state index in [0.29, 0.717) is 19.4 Å². The zero-order valence-electron chi connectivity index (χ0n) is 19.9. The van der Waals surface area contributed by atoms with Crippen molar-refractivity contribution in [3.8, 4) is 11.1 Å². The first kappa shape index (κ1) is 24.7. The lowest BCUT2D eigenvalue weighted by Gasteiger charge is -2.32. The van der Waals surface area contributed by atoms with E-state index >= 15 is 0 Å². The molecule has 35 heavy (non-hydrogen) atoms. The van der Waals surface area contributed by atoms with Crippen LogP contribution in [0.25, 0.3) is 11.1 Å². The lowest BCUT2D eigenvalue weighted by molar-refractivity contribution is -0.144. The summed E-state index contributed by atoms with van der Waals surface area (Å²) in [5.74, 6) is -1.75. The van der Waals surface area contributed by atoms with Crippen molar-refractivity contribution in [1.29, 1.82) is 0 Å². The zero-order chi connectivity index (χ0) is 24.8. The van der Waals surface area contributed by atoms with Crippen LogP contribution in [0.15, 0.2) is 48.5 Å². The Morgan fingerprint density at radius 2 is 1.63 bits per heavy atom. The van der Waals surface area contributed by atoms with Crippen molar-refractivity contribution in [3.05, 3.63) is 59.7 Å². The van der Waals surface area contributed by atoms with Crippen molar-refractivity contribution >= 4 is 18.0 Å². The average Bonchev–Trinajstić information content (AvgIpc) is 3.14. The monoisotopic (exact) mass is 480 g/mol. The van der Waals surface area contributed by atoms with Crippen LogP contribution >= 0.6 is 0 Å².